The third-order valence-electron chi connectivity index (χ3n) is 5.27. The summed E-state index contributed by atoms with van der Waals surface area (Å²) in [4.78, 5) is 22.5. The summed E-state index contributed by atoms with van der Waals surface area (Å²) >= 11 is 0. The van der Waals surface area contributed by atoms with E-state index in [-0.39, 0.29) is 11.7 Å². The highest BCUT2D eigenvalue weighted by atomic mass is 19.1. The molecule has 1 aromatic heterocycles. The number of halogens is 1. The Morgan fingerprint density at radius 2 is 2.04 bits per heavy atom. The lowest BCUT2D eigenvalue weighted by Gasteiger charge is -2.34. The molecule has 0 saturated carbocycles. The lowest BCUT2D eigenvalue weighted by molar-refractivity contribution is -0.136. The van der Waals surface area contributed by atoms with Crippen molar-refractivity contribution in [1.82, 2.24) is 14.9 Å². The Hall–Kier alpha value is -2.17. The van der Waals surface area contributed by atoms with Crippen LogP contribution in [0.2, 0.25) is 0 Å². The fourth-order valence-electron chi connectivity index (χ4n) is 3.84. The number of allylic oxidation sites excluding steroid dienone is 2. The van der Waals surface area contributed by atoms with Crippen LogP contribution in [0.4, 0.5) is 4.39 Å². The van der Waals surface area contributed by atoms with Gasteiger partial charge in [-0.2, -0.15) is 0 Å². The Kier molecular flexibility index (Phi) is 4.08. The molecule has 4 rings (SSSR count). The average molecular weight is 327 g/mol. The number of aromatic nitrogens is 2. The van der Waals surface area contributed by atoms with Gasteiger partial charge in [0.25, 0.3) is 0 Å². The van der Waals surface area contributed by atoms with Crippen LogP contribution in [0.1, 0.15) is 43.8 Å². The second-order valence-corrected chi connectivity index (χ2v) is 6.86. The van der Waals surface area contributed by atoms with Gasteiger partial charge in [-0.3, -0.25) is 4.79 Å². The van der Waals surface area contributed by atoms with Crippen LogP contribution < -0.4 is 0 Å². The molecule has 0 spiro atoms. The largest absolute Gasteiger partial charge is 0.342 e. The molecule has 1 atom stereocenters. The van der Waals surface area contributed by atoms with Crippen molar-refractivity contribution < 1.29 is 9.18 Å². The number of nitrogens with zero attached hydrogens (tertiary/aromatic N) is 2. The van der Waals surface area contributed by atoms with Crippen molar-refractivity contribution in [3.63, 3.8) is 0 Å². The molecule has 1 aliphatic heterocycles. The third-order valence-corrected chi connectivity index (χ3v) is 5.27. The molecular formula is C19H22FN3O. The molecule has 0 bridgehead atoms. The van der Waals surface area contributed by atoms with E-state index in [4.69, 9.17) is 0 Å². The van der Waals surface area contributed by atoms with Crippen LogP contribution >= 0.6 is 0 Å². The van der Waals surface area contributed by atoms with Crippen molar-refractivity contribution in [2.45, 2.75) is 38.0 Å². The first-order valence-electron chi connectivity index (χ1n) is 8.79. The molecule has 4 nitrogen and oxygen atoms in total. The van der Waals surface area contributed by atoms with Crippen LogP contribution in [0.5, 0.6) is 0 Å². The number of hydrogen-bond donors (Lipinski definition) is 1. The molecule has 126 valence electrons. The van der Waals surface area contributed by atoms with Gasteiger partial charge in [0.2, 0.25) is 5.91 Å². The molecule has 2 aliphatic rings. The smallest absolute Gasteiger partial charge is 0.226 e. The molecule has 2 aromatic rings. The zero-order valence-electron chi connectivity index (χ0n) is 13.7. The predicted molar refractivity (Wildman–Crippen MR) is 91.1 cm³/mol. The molecule has 24 heavy (non-hydrogen) atoms. The van der Waals surface area contributed by atoms with Crippen molar-refractivity contribution in [1.29, 1.82) is 0 Å². The maximum atomic E-state index is 13.3. The third kappa shape index (κ3) is 2.95. The van der Waals surface area contributed by atoms with Crippen molar-refractivity contribution >= 4 is 16.9 Å². The van der Waals surface area contributed by atoms with E-state index in [9.17, 15) is 9.18 Å². The zero-order valence-corrected chi connectivity index (χ0v) is 13.7. The highest BCUT2D eigenvalue weighted by Crippen LogP contribution is 2.30. The van der Waals surface area contributed by atoms with Gasteiger partial charge in [-0.1, -0.05) is 12.2 Å². The number of imidazole rings is 1. The van der Waals surface area contributed by atoms with Gasteiger partial charge in [0, 0.05) is 24.9 Å². The molecule has 1 fully saturated rings. The van der Waals surface area contributed by atoms with Crippen LogP contribution in [0, 0.1) is 11.7 Å². The summed E-state index contributed by atoms with van der Waals surface area (Å²) in [7, 11) is 0. The Balaban J connectivity index is 1.41. The summed E-state index contributed by atoms with van der Waals surface area (Å²) in [6.45, 7) is 1.57. The molecule has 1 aliphatic carbocycles. The Morgan fingerprint density at radius 3 is 2.79 bits per heavy atom. The highest BCUT2D eigenvalue weighted by Gasteiger charge is 2.29. The molecule has 1 saturated heterocycles. The first-order chi connectivity index (χ1) is 11.7. The van der Waals surface area contributed by atoms with E-state index in [0.717, 1.165) is 62.1 Å². The topological polar surface area (TPSA) is 49.0 Å². The van der Waals surface area contributed by atoms with Gasteiger partial charge in [0.15, 0.2) is 0 Å². The number of nitrogens with one attached hydrogen (secondary N) is 1. The molecule has 1 amide bonds. The lowest BCUT2D eigenvalue weighted by atomic mass is 9.90. The Bertz CT molecular complexity index is 774. The number of rotatable bonds is 2. The van der Waals surface area contributed by atoms with Crippen molar-refractivity contribution in [2.24, 2.45) is 5.92 Å². The highest BCUT2D eigenvalue weighted by molar-refractivity contribution is 5.79. The zero-order chi connectivity index (χ0) is 16.5. The SMILES string of the molecule is O=C([C@@H]1CC=CCC1)N1CCC(c2nc3ccc(F)cc3[nH]2)CC1. The molecule has 1 aromatic carbocycles. The molecular weight excluding hydrogens is 305 g/mol. The number of carbonyl (C=O) groups excluding carboxylic acids is 1. The van der Waals surface area contributed by atoms with Gasteiger partial charge in [0.1, 0.15) is 11.6 Å². The summed E-state index contributed by atoms with van der Waals surface area (Å²) in [5.41, 5.74) is 1.55. The number of hydrogen-bond acceptors (Lipinski definition) is 2. The lowest BCUT2D eigenvalue weighted by Crippen LogP contribution is -2.41. The standard InChI is InChI=1S/C19H22FN3O/c20-15-6-7-16-17(12-15)22-18(21-16)13-8-10-23(11-9-13)19(24)14-4-2-1-3-5-14/h1-2,6-7,12-14H,3-5,8-11H2,(H,21,22)/t14-/m1/s1. The predicted octanol–water partition coefficient (Wildman–Crippen LogP) is 3.76. The van der Waals surface area contributed by atoms with Gasteiger partial charge in [-0.05, 0) is 50.3 Å². The molecule has 0 radical (unpaired) electrons. The maximum Gasteiger partial charge on any atom is 0.226 e. The fourth-order valence-corrected chi connectivity index (χ4v) is 3.84. The summed E-state index contributed by atoms with van der Waals surface area (Å²) in [5.74, 6) is 1.46. The van der Waals surface area contributed by atoms with Crippen LogP contribution in [0.25, 0.3) is 11.0 Å². The van der Waals surface area contributed by atoms with Gasteiger partial charge in [-0.15, -0.1) is 0 Å². The maximum absolute atomic E-state index is 13.3. The molecule has 0 unspecified atom stereocenters. The minimum Gasteiger partial charge on any atom is -0.342 e. The normalized spacial score (nSPS) is 22.2. The van der Waals surface area contributed by atoms with E-state index in [1.165, 1.54) is 12.1 Å². The molecule has 5 heteroatoms. The monoisotopic (exact) mass is 327 g/mol. The number of likely N-dealkylation sites (tertiary alicyclic amines) is 1. The Labute approximate surface area is 140 Å². The average Bonchev–Trinajstić information content (AvgIpc) is 3.05. The van der Waals surface area contributed by atoms with Crippen LogP contribution in [-0.2, 0) is 4.79 Å². The first kappa shape index (κ1) is 15.4. The first-order valence-corrected chi connectivity index (χ1v) is 8.79. The molecule has 2 heterocycles. The van der Waals surface area contributed by atoms with E-state index in [1.807, 2.05) is 4.90 Å². The Morgan fingerprint density at radius 1 is 1.21 bits per heavy atom. The number of H-pyrrole nitrogens is 1. The quantitative estimate of drug-likeness (QED) is 0.854. The summed E-state index contributed by atoms with van der Waals surface area (Å²) < 4.78 is 13.3. The number of benzene rings is 1. The summed E-state index contributed by atoms with van der Waals surface area (Å²) in [5, 5.41) is 0. The van der Waals surface area contributed by atoms with E-state index < -0.39 is 0 Å². The number of piperidine rings is 1. The minimum atomic E-state index is -0.250. The van der Waals surface area contributed by atoms with Gasteiger partial charge in [-0.25, -0.2) is 9.37 Å². The van der Waals surface area contributed by atoms with E-state index >= 15 is 0 Å². The summed E-state index contributed by atoms with van der Waals surface area (Å²) in [6, 6.07) is 4.63. The number of amides is 1. The second kappa shape index (κ2) is 6.38. The molecule has 1 N–H and O–H groups in total. The van der Waals surface area contributed by atoms with Crippen molar-refractivity contribution in [2.75, 3.05) is 13.1 Å². The van der Waals surface area contributed by atoms with E-state index in [2.05, 4.69) is 22.1 Å². The summed E-state index contributed by atoms with van der Waals surface area (Å²) in [6.07, 6.45) is 9.00. The van der Waals surface area contributed by atoms with E-state index in [0.29, 0.717) is 11.8 Å². The number of carbonyl (C=O) groups is 1. The fraction of sp³-hybridized carbons (Fsp3) is 0.474. The van der Waals surface area contributed by atoms with Gasteiger partial charge < -0.3 is 9.88 Å². The van der Waals surface area contributed by atoms with Gasteiger partial charge >= 0.3 is 0 Å². The minimum absolute atomic E-state index is 0.167. The van der Waals surface area contributed by atoms with Crippen molar-refractivity contribution in [3.05, 3.63) is 42.0 Å². The van der Waals surface area contributed by atoms with Crippen LogP contribution in [-0.4, -0.2) is 33.9 Å². The number of aromatic amines is 1. The number of fused-ring (bicyclic) bond motifs is 1. The van der Waals surface area contributed by atoms with Gasteiger partial charge in [0.05, 0.1) is 11.0 Å². The second-order valence-electron chi connectivity index (χ2n) is 6.86. The van der Waals surface area contributed by atoms with Crippen molar-refractivity contribution in [3.8, 4) is 0 Å². The van der Waals surface area contributed by atoms with E-state index in [1.54, 1.807) is 6.07 Å². The van der Waals surface area contributed by atoms with Crippen LogP contribution in [0.3, 0.4) is 0 Å². The van der Waals surface area contributed by atoms with Crippen LogP contribution in [0.15, 0.2) is 30.4 Å².